The second-order valence-corrected chi connectivity index (χ2v) is 15.8. The summed E-state index contributed by atoms with van der Waals surface area (Å²) in [6.07, 6.45) is 8.51. The van der Waals surface area contributed by atoms with Gasteiger partial charge >= 0.3 is 0 Å². The Labute approximate surface area is 325 Å². The number of hydrogen-bond donors (Lipinski definition) is 0. The van der Waals surface area contributed by atoms with E-state index in [2.05, 4.69) is 22.0 Å². The predicted molar refractivity (Wildman–Crippen MR) is 215 cm³/mol. The van der Waals surface area contributed by atoms with Crippen LogP contribution in [0.4, 0.5) is 0 Å². The number of amides is 1. The van der Waals surface area contributed by atoms with Crippen molar-refractivity contribution in [2.75, 3.05) is 39.5 Å². The minimum atomic E-state index is -1.11. The fourth-order valence-electron chi connectivity index (χ4n) is 7.62. The van der Waals surface area contributed by atoms with Gasteiger partial charge in [-0.2, -0.15) is 5.26 Å². The third-order valence-electron chi connectivity index (χ3n) is 10.4. The molecule has 7 nitrogen and oxygen atoms in total. The van der Waals surface area contributed by atoms with Crippen LogP contribution in [0, 0.1) is 11.3 Å². The van der Waals surface area contributed by atoms with E-state index in [0.717, 1.165) is 82.6 Å². The molecule has 2 heterocycles. The van der Waals surface area contributed by atoms with Gasteiger partial charge in [-0.25, -0.2) is 0 Å². The maximum atomic E-state index is 15.0. The van der Waals surface area contributed by atoms with Gasteiger partial charge in [-0.05, 0) is 120 Å². The number of rotatable bonds is 13. The summed E-state index contributed by atoms with van der Waals surface area (Å²) in [4.78, 5) is 24.6. The Morgan fingerprint density at radius 2 is 1.87 bits per heavy atom. The highest BCUT2D eigenvalue weighted by Crippen LogP contribution is 2.36. The first kappa shape index (κ1) is 38.6. The number of nitrogens with zero attached hydrogens (tertiary/aromatic N) is 4. The van der Waals surface area contributed by atoms with Crippen LogP contribution >= 0.6 is 23.2 Å². The first-order valence-corrected chi connectivity index (χ1v) is 20.3. The van der Waals surface area contributed by atoms with Crippen molar-refractivity contribution in [3.05, 3.63) is 135 Å². The fourth-order valence-corrected chi connectivity index (χ4v) is 8.78. The van der Waals surface area contributed by atoms with Crippen LogP contribution in [0.5, 0.6) is 5.75 Å². The van der Waals surface area contributed by atoms with Gasteiger partial charge < -0.3 is 19.1 Å². The van der Waals surface area contributed by atoms with Crippen LogP contribution in [0.2, 0.25) is 10.0 Å². The number of aromatic nitrogens is 1. The monoisotopic (exact) mass is 766 g/mol. The summed E-state index contributed by atoms with van der Waals surface area (Å²) in [5.74, 6) is 0.863. The van der Waals surface area contributed by atoms with Gasteiger partial charge in [0.15, 0.2) is 4.90 Å². The normalized spacial score (nSPS) is 14.8. The summed E-state index contributed by atoms with van der Waals surface area (Å²) in [5.41, 5.74) is 4.93. The summed E-state index contributed by atoms with van der Waals surface area (Å²) < 4.78 is 18.1. The van der Waals surface area contributed by atoms with Gasteiger partial charge in [0.1, 0.15) is 12.0 Å². The topological polar surface area (TPSA) is 92.5 Å². The lowest BCUT2D eigenvalue weighted by Crippen LogP contribution is -2.38. The molecule has 0 saturated carbocycles. The molecule has 0 N–H and O–H groups in total. The first-order chi connectivity index (χ1) is 25.7. The van der Waals surface area contributed by atoms with Crippen LogP contribution in [-0.4, -0.2) is 64.8 Å². The predicted octanol–water partition coefficient (Wildman–Crippen LogP) is 9.42. The number of hydrogen-bond acceptors (Lipinski definition) is 6. The quantitative estimate of drug-likeness (QED) is 0.111. The summed E-state index contributed by atoms with van der Waals surface area (Å²) in [6, 6.07) is 27.6. The molecule has 4 aromatic carbocycles. The number of pyridine rings is 1. The molecule has 0 unspecified atom stereocenters. The third-order valence-corrected chi connectivity index (χ3v) is 12.1. The zero-order valence-corrected chi connectivity index (χ0v) is 32.7. The average Bonchev–Trinajstić information content (AvgIpc) is 3.19. The highest BCUT2D eigenvalue weighted by atomic mass is 35.5. The number of likely N-dealkylation sites (tertiary alicyclic amines) is 1. The fraction of sp³-hybridized carbons (Fsp3) is 0.326. The van der Waals surface area contributed by atoms with Crippen molar-refractivity contribution in [2.24, 2.45) is 0 Å². The van der Waals surface area contributed by atoms with Gasteiger partial charge in [0.25, 0.3) is 5.91 Å². The second-order valence-electron chi connectivity index (χ2n) is 13.6. The van der Waals surface area contributed by atoms with Crippen LogP contribution in [0.1, 0.15) is 76.2 Å². The van der Waals surface area contributed by atoms with Gasteiger partial charge in [-0.1, -0.05) is 72.6 Å². The zero-order chi connectivity index (χ0) is 37.5. The summed E-state index contributed by atoms with van der Waals surface area (Å²) in [6.45, 7) is 5.42. The van der Waals surface area contributed by atoms with Crippen LogP contribution in [0.3, 0.4) is 0 Å². The second kappa shape index (κ2) is 17.8. The Bertz CT molecular complexity index is 2100. The van der Waals surface area contributed by atoms with Crippen molar-refractivity contribution >= 4 is 51.1 Å². The number of piperidine rings is 1. The molecular formula is C43H44Cl2N4O3S. The van der Waals surface area contributed by atoms with Crippen LogP contribution in [0.25, 0.3) is 10.8 Å². The molecule has 0 radical (unpaired) electrons. The Hall–Kier alpha value is -4.10. The molecule has 274 valence electrons. The maximum Gasteiger partial charge on any atom is 0.255 e. The molecule has 1 saturated heterocycles. The van der Waals surface area contributed by atoms with Crippen molar-refractivity contribution in [3.8, 4) is 11.8 Å². The van der Waals surface area contributed by atoms with Gasteiger partial charge in [0.2, 0.25) is 0 Å². The van der Waals surface area contributed by atoms with E-state index in [0.29, 0.717) is 46.6 Å². The molecule has 0 aliphatic carbocycles. The lowest BCUT2D eigenvalue weighted by atomic mass is 9.88. The number of benzene rings is 4. The van der Waals surface area contributed by atoms with Gasteiger partial charge in [-0.15, -0.1) is 0 Å². The highest BCUT2D eigenvalue weighted by molar-refractivity contribution is 7.90. The lowest BCUT2D eigenvalue weighted by Gasteiger charge is -2.35. The summed E-state index contributed by atoms with van der Waals surface area (Å²) in [7, 11) is 1.63. The Kier molecular flexibility index (Phi) is 13.0. The zero-order valence-electron chi connectivity index (χ0n) is 30.4. The van der Waals surface area contributed by atoms with E-state index < -0.39 is 11.2 Å². The van der Waals surface area contributed by atoms with E-state index in [-0.39, 0.29) is 11.8 Å². The molecule has 1 aromatic heterocycles. The van der Waals surface area contributed by atoms with Gasteiger partial charge in [-0.3, -0.25) is 9.78 Å². The van der Waals surface area contributed by atoms with E-state index >= 15 is 4.79 Å². The van der Waals surface area contributed by atoms with Gasteiger partial charge in [0, 0.05) is 43.0 Å². The molecule has 1 fully saturated rings. The van der Waals surface area contributed by atoms with Crippen molar-refractivity contribution < 1.29 is 14.1 Å². The summed E-state index contributed by atoms with van der Waals surface area (Å²) >= 11 is 11.9. The number of halogens is 2. The van der Waals surface area contributed by atoms with E-state index in [1.165, 1.54) is 0 Å². The van der Waals surface area contributed by atoms with Crippen LogP contribution in [-0.2, 0) is 24.1 Å². The van der Waals surface area contributed by atoms with Crippen LogP contribution in [0.15, 0.2) is 96.2 Å². The molecule has 0 bridgehead atoms. The number of ether oxygens (including phenoxy) is 1. The molecule has 1 aliphatic heterocycles. The molecule has 1 amide bonds. The molecular weight excluding hydrogens is 723 g/mol. The van der Waals surface area contributed by atoms with Crippen LogP contribution < -0.4 is 4.74 Å². The standard InChI is InChI=1S/C43H44Cl2N4O3S/c1-4-36-34(25-46)22-32-9-5-6-10-38(32)42(36)43(50)49(27-29-8-7-18-47-26-29)28-33(31-11-14-39(44)40(45)23-31)17-21-48-19-15-30(16-20-48)37-13-12-35(52-2)24-41(37)53(3)51/h5-14,18,22-24,26,30,33H,4,15-17,19-21,27-28H2,1-3H3/t33-,53+/m1/s1. The Balaban J connectivity index is 1.29. The molecule has 1 aliphatic rings. The van der Waals surface area contributed by atoms with Gasteiger partial charge in [0.05, 0.1) is 34.4 Å². The molecule has 0 spiro atoms. The average molecular weight is 768 g/mol. The molecule has 53 heavy (non-hydrogen) atoms. The van der Waals surface area contributed by atoms with E-state index in [1.54, 1.807) is 25.8 Å². The largest absolute Gasteiger partial charge is 0.612 e. The Morgan fingerprint density at radius 1 is 1.08 bits per heavy atom. The minimum absolute atomic E-state index is 0.0608. The summed E-state index contributed by atoms with van der Waals surface area (Å²) in [5, 5.41) is 12.8. The van der Waals surface area contributed by atoms with Crippen molar-refractivity contribution in [1.82, 2.24) is 14.8 Å². The van der Waals surface area contributed by atoms with Crippen molar-refractivity contribution in [3.63, 3.8) is 0 Å². The maximum absolute atomic E-state index is 15.0. The number of methoxy groups -OCH3 is 1. The van der Waals surface area contributed by atoms with Crippen molar-refractivity contribution in [2.45, 2.75) is 55.9 Å². The number of carbonyl (C=O) groups excluding carboxylic acids is 1. The third kappa shape index (κ3) is 9.00. The molecule has 10 heteroatoms. The number of fused-ring (bicyclic) bond motifs is 1. The van der Waals surface area contributed by atoms with E-state index in [9.17, 15) is 9.81 Å². The molecule has 2 atom stereocenters. The van der Waals surface area contributed by atoms with E-state index in [1.807, 2.05) is 84.6 Å². The van der Waals surface area contributed by atoms with Crippen molar-refractivity contribution in [1.29, 1.82) is 5.26 Å². The minimum Gasteiger partial charge on any atom is -0.612 e. The molecule has 5 aromatic rings. The van der Waals surface area contributed by atoms with E-state index in [4.69, 9.17) is 27.9 Å². The first-order valence-electron chi connectivity index (χ1n) is 18.0. The smallest absolute Gasteiger partial charge is 0.255 e. The number of carbonyl (C=O) groups is 1. The lowest BCUT2D eigenvalue weighted by molar-refractivity contribution is 0.0727. The SMILES string of the molecule is CCc1c(C#N)cc2ccccc2c1C(=O)N(Cc1cccnc1)C[C@@H](CCN1CCC(c2ccc(OC)cc2[S@+](C)[O-])CC1)c1ccc(Cl)c(Cl)c1. The number of nitriles is 1. The Morgan fingerprint density at radius 3 is 2.55 bits per heavy atom. The highest BCUT2D eigenvalue weighted by Gasteiger charge is 2.29. The molecule has 6 rings (SSSR count).